The Labute approximate surface area is 185 Å². The number of nitrogens with zero attached hydrogens (tertiary/aromatic N) is 1. The first-order chi connectivity index (χ1) is 14.4. The number of nitrogens with one attached hydrogen (secondary N) is 2. The number of aryl methyl sites for hydroxylation is 2. The van der Waals surface area contributed by atoms with Crippen LogP contribution in [0.4, 0.5) is 4.79 Å². The number of amides is 3. The van der Waals surface area contributed by atoms with Gasteiger partial charge in [0.1, 0.15) is 17.7 Å². The van der Waals surface area contributed by atoms with Crippen molar-refractivity contribution in [1.82, 2.24) is 15.5 Å². The van der Waals surface area contributed by atoms with Crippen molar-refractivity contribution in [2.75, 3.05) is 20.2 Å². The number of carbonyl (C=O) groups is 3. The van der Waals surface area contributed by atoms with Crippen molar-refractivity contribution in [3.8, 4) is 0 Å². The maximum Gasteiger partial charge on any atom is 0.408 e. The number of ether oxygens (including phenoxy) is 1. The zero-order valence-electron chi connectivity index (χ0n) is 19.7. The molecule has 3 amide bonds. The number of carbonyl (C=O) groups excluding carboxylic acids is 3. The van der Waals surface area contributed by atoms with Crippen LogP contribution >= 0.6 is 0 Å². The molecule has 3 N–H and O–H groups in total. The average Bonchev–Trinajstić information content (AvgIpc) is 2.67. The Morgan fingerprint density at radius 3 is 2.32 bits per heavy atom. The molecule has 0 spiro atoms. The van der Waals surface area contributed by atoms with Crippen molar-refractivity contribution < 1.29 is 24.2 Å². The van der Waals surface area contributed by atoms with Crippen molar-refractivity contribution >= 4 is 17.9 Å². The first kappa shape index (κ1) is 26.4. The van der Waals surface area contributed by atoms with Gasteiger partial charge in [0.2, 0.25) is 11.8 Å². The number of aliphatic hydroxyl groups is 1. The van der Waals surface area contributed by atoms with Crippen LogP contribution < -0.4 is 10.6 Å². The summed E-state index contributed by atoms with van der Waals surface area (Å²) in [6.07, 6.45) is 0.932. The van der Waals surface area contributed by atoms with Gasteiger partial charge in [-0.05, 0) is 57.7 Å². The Morgan fingerprint density at radius 1 is 1.16 bits per heavy atom. The monoisotopic (exact) mass is 435 g/mol. The summed E-state index contributed by atoms with van der Waals surface area (Å²) < 4.78 is 5.18. The molecular weight excluding hydrogens is 398 g/mol. The van der Waals surface area contributed by atoms with Crippen LogP contribution in [-0.2, 0) is 14.3 Å². The Hall–Kier alpha value is -2.61. The van der Waals surface area contributed by atoms with Crippen LogP contribution in [0.25, 0.3) is 0 Å². The minimum absolute atomic E-state index is 0.318. The van der Waals surface area contributed by atoms with E-state index in [0.29, 0.717) is 12.1 Å². The Morgan fingerprint density at radius 2 is 1.81 bits per heavy atom. The van der Waals surface area contributed by atoms with Gasteiger partial charge in [0.25, 0.3) is 0 Å². The number of unbranched alkanes of at least 4 members (excludes halogenated alkanes) is 1. The van der Waals surface area contributed by atoms with Crippen LogP contribution in [0.5, 0.6) is 0 Å². The molecule has 0 aliphatic heterocycles. The van der Waals surface area contributed by atoms with E-state index < -0.39 is 36.3 Å². The second-order valence-corrected chi connectivity index (χ2v) is 8.72. The third-order valence-electron chi connectivity index (χ3n) is 4.83. The highest BCUT2D eigenvalue weighted by atomic mass is 16.6. The second-order valence-electron chi connectivity index (χ2n) is 8.72. The molecular formula is C23H37N3O5. The molecule has 31 heavy (non-hydrogen) atoms. The molecule has 174 valence electrons. The molecule has 0 bridgehead atoms. The van der Waals surface area contributed by atoms with Crippen LogP contribution in [-0.4, -0.2) is 59.8 Å². The van der Waals surface area contributed by atoms with Crippen LogP contribution in [0.2, 0.25) is 0 Å². The molecule has 0 heterocycles. The van der Waals surface area contributed by atoms with Gasteiger partial charge < -0.3 is 25.4 Å². The number of alkyl carbamates (subject to hydrolysis) is 1. The summed E-state index contributed by atoms with van der Waals surface area (Å²) >= 11 is 0. The van der Waals surface area contributed by atoms with Gasteiger partial charge in [-0.3, -0.25) is 9.59 Å². The van der Waals surface area contributed by atoms with Crippen molar-refractivity contribution in [1.29, 1.82) is 0 Å². The van der Waals surface area contributed by atoms with Gasteiger partial charge in [-0.1, -0.05) is 31.5 Å². The molecule has 0 radical (unpaired) electrons. The quantitative estimate of drug-likeness (QED) is 0.517. The largest absolute Gasteiger partial charge is 0.444 e. The molecule has 1 aromatic rings. The molecule has 0 fully saturated rings. The first-order valence-electron chi connectivity index (χ1n) is 10.6. The van der Waals surface area contributed by atoms with Crippen LogP contribution in [0.1, 0.15) is 63.3 Å². The number of benzene rings is 1. The number of aliphatic hydroxyl groups excluding tert-OH is 1. The van der Waals surface area contributed by atoms with Gasteiger partial charge in [-0.15, -0.1) is 0 Å². The van der Waals surface area contributed by atoms with E-state index in [2.05, 4.69) is 10.6 Å². The van der Waals surface area contributed by atoms with E-state index in [0.717, 1.165) is 24.0 Å². The highest BCUT2D eigenvalue weighted by Crippen LogP contribution is 2.23. The summed E-state index contributed by atoms with van der Waals surface area (Å²) in [5.41, 5.74) is 1.97. The lowest BCUT2D eigenvalue weighted by atomic mass is 9.99. The van der Waals surface area contributed by atoms with Gasteiger partial charge in [-0.25, -0.2) is 4.79 Å². The van der Waals surface area contributed by atoms with E-state index in [9.17, 15) is 19.5 Å². The topological polar surface area (TPSA) is 108 Å². The zero-order valence-corrected chi connectivity index (χ0v) is 19.7. The SMILES string of the molecule is CCCCNC(=O)C(c1ccc(C)c(C)c1)N(C)C(=O)C(CO)NC(=O)OC(C)(C)C. The highest BCUT2D eigenvalue weighted by Gasteiger charge is 2.33. The molecule has 0 aliphatic carbocycles. The third-order valence-corrected chi connectivity index (χ3v) is 4.83. The Balaban J connectivity index is 3.14. The fourth-order valence-corrected chi connectivity index (χ4v) is 2.98. The average molecular weight is 436 g/mol. The molecule has 0 aliphatic rings. The molecule has 0 saturated heterocycles. The van der Waals surface area contributed by atoms with E-state index in [4.69, 9.17) is 4.74 Å². The van der Waals surface area contributed by atoms with Gasteiger partial charge >= 0.3 is 6.09 Å². The molecule has 1 rings (SSSR count). The summed E-state index contributed by atoms with van der Waals surface area (Å²) in [6.45, 7) is 10.9. The molecule has 8 nitrogen and oxygen atoms in total. The van der Waals surface area contributed by atoms with Gasteiger partial charge in [0, 0.05) is 13.6 Å². The molecule has 0 aromatic heterocycles. The number of hydrogen-bond donors (Lipinski definition) is 3. The zero-order chi connectivity index (χ0) is 23.8. The second kappa shape index (κ2) is 11.7. The normalized spacial score (nSPS) is 13.2. The molecule has 8 heteroatoms. The van der Waals surface area contributed by atoms with E-state index in [-0.39, 0.29) is 5.91 Å². The summed E-state index contributed by atoms with van der Waals surface area (Å²) in [6, 6.07) is 3.44. The lowest BCUT2D eigenvalue weighted by Crippen LogP contribution is -2.53. The number of likely N-dealkylation sites (N-methyl/N-ethyl adjacent to an activating group) is 1. The van der Waals surface area contributed by atoms with Crippen LogP contribution in [0, 0.1) is 13.8 Å². The predicted molar refractivity (Wildman–Crippen MR) is 120 cm³/mol. The number of hydrogen-bond acceptors (Lipinski definition) is 5. The maximum absolute atomic E-state index is 13.1. The predicted octanol–water partition coefficient (Wildman–Crippen LogP) is 2.60. The molecule has 2 atom stereocenters. The Bertz CT molecular complexity index is 773. The molecule has 1 aromatic carbocycles. The van der Waals surface area contributed by atoms with Gasteiger partial charge in [0.05, 0.1) is 6.61 Å². The summed E-state index contributed by atoms with van der Waals surface area (Å²) in [5, 5.41) is 15.0. The fraction of sp³-hybridized carbons (Fsp3) is 0.609. The van der Waals surface area contributed by atoms with Crippen LogP contribution in [0.3, 0.4) is 0 Å². The number of rotatable bonds is 9. The lowest BCUT2D eigenvalue weighted by Gasteiger charge is -2.31. The van der Waals surface area contributed by atoms with Gasteiger partial charge in [0.15, 0.2) is 0 Å². The first-order valence-corrected chi connectivity index (χ1v) is 10.6. The smallest absolute Gasteiger partial charge is 0.408 e. The minimum atomic E-state index is -1.24. The van der Waals surface area contributed by atoms with E-state index >= 15 is 0 Å². The van der Waals surface area contributed by atoms with E-state index in [1.54, 1.807) is 20.8 Å². The minimum Gasteiger partial charge on any atom is -0.444 e. The highest BCUT2D eigenvalue weighted by molar-refractivity contribution is 5.92. The van der Waals surface area contributed by atoms with E-state index in [1.807, 2.05) is 39.0 Å². The standard InChI is InChI=1S/C23H37N3O5/c1-8-9-12-24-20(28)19(17-11-10-15(2)16(3)13-17)26(7)21(29)18(14-27)25-22(30)31-23(4,5)6/h10-11,13,18-19,27H,8-9,12,14H2,1-7H3,(H,24,28)(H,25,30). The van der Waals surface area contributed by atoms with Crippen LogP contribution in [0.15, 0.2) is 18.2 Å². The summed E-state index contributed by atoms with van der Waals surface area (Å²) in [5.74, 6) is -0.913. The maximum atomic E-state index is 13.1. The summed E-state index contributed by atoms with van der Waals surface area (Å²) in [7, 11) is 1.49. The van der Waals surface area contributed by atoms with Crippen molar-refractivity contribution in [3.63, 3.8) is 0 Å². The van der Waals surface area contributed by atoms with Crippen molar-refractivity contribution in [2.24, 2.45) is 0 Å². The van der Waals surface area contributed by atoms with Crippen molar-refractivity contribution in [2.45, 2.75) is 72.1 Å². The Kier molecular flexibility index (Phi) is 9.97. The fourth-order valence-electron chi connectivity index (χ4n) is 2.98. The van der Waals surface area contributed by atoms with Crippen molar-refractivity contribution in [3.05, 3.63) is 34.9 Å². The van der Waals surface area contributed by atoms with E-state index in [1.165, 1.54) is 11.9 Å². The summed E-state index contributed by atoms with van der Waals surface area (Å²) in [4.78, 5) is 39.4. The third kappa shape index (κ3) is 8.20. The lowest BCUT2D eigenvalue weighted by molar-refractivity contribution is -0.141. The van der Waals surface area contributed by atoms with Gasteiger partial charge in [-0.2, -0.15) is 0 Å². The molecule has 0 saturated carbocycles. The molecule has 2 unspecified atom stereocenters.